The zero-order chi connectivity index (χ0) is 20.6. The van der Waals surface area contributed by atoms with Crippen LogP contribution in [0.15, 0.2) is 42.5 Å². The van der Waals surface area contributed by atoms with Crippen molar-refractivity contribution in [3.05, 3.63) is 58.6 Å². The van der Waals surface area contributed by atoms with Crippen molar-refractivity contribution in [1.29, 1.82) is 0 Å². The van der Waals surface area contributed by atoms with Crippen LogP contribution in [0.25, 0.3) is 0 Å². The molecule has 1 atom stereocenters. The third-order valence-corrected chi connectivity index (χ3v) is 6.47. The number of benzene rings is 2. The Balaban J connectivity index is 1.47. The van der Waals surface area contributed by atoms with Crippen LogP contribution < -0.4 is 10.2 Å². The van der Waals surface area contributed by atoms with Crippen LogP contribution in [0.4, 0.5) is 0 Å². The van der Waals surface area contributed by atoms with Gasteiger partial charge in [0.1, 0.15) is 11.9 Å². The minimum absolute atomic E-state index is 0.159. The highest BCUT2D eigenvalue weighted by Gasteiger charge is 2.51. The first kappa shape index (κ1) is 20.7. The summed E-state index contributed by atoms with van der Waals surface area (Å²) in [7, 11) is -0.388. The van der Waals surface area contributed by atoms with Gasteiger partial charge in [-0.1, -0.05) is 35.9 Å². The molecule has 2 aromatic rings. The first-order valence-corrected chi connectivity index (χ1v) is 10.6. The van der Waals surface area contributed by atoms with E-state index in [0.29, 0.717) is 6.61 Å². The van der Waals surface area contributed by atoms with Crippen molar-refractivity contribution in [2.75, 3.05) is 13.2 Å². The fraction of sp³-hybridized carbons (Fsp3) is 0.478. The van der Waals surface area contributed by atoms with E-state index in [1.165, 1.54) is 5.56 Å². The lowest BCUT2D eigenvalue weighted by Gasteiger charge is -2.32. The van der Waals surface area contributed by atoms with Crippen LogP contribution in [0.1, 0.15) is 45.2 Å². The van der Waals surface area contributed by atoms with E-state index in [9.17, 15) is 0 Å². The highest BCUT2D eigenvalue weighted by atomic mass is 35.5. The normalized spacial score (nSPS) is 22.8. The molecule has 2 aromatic carbocycles. The van der Waals surface area contributed by atoms with Gasteiger partial charge in [-0.15, -0.1) is 0 Å². The summed E-state index contributed by atoms with van der Waals surface area (Å²) in [6.45, 7) is 9.69. The molecular weight excluding hydrogens is 387 g/mol. The van der Waals surface area contributed by atoms with E-state index in [-0.39, 0.29) is 24.4 Å². The quantitative estimate of drug-likeness (QED) is 0.680. The number of rotatable bonds is 5. The molecule has 0 radical (unpaired) electrons. The first-order chi connectivity index (χ1) is 13.7. The topological polar surface area (TPSA) is 36.9 Å². The Hall–Kier alpha value is -1.53. The summed E-state index contributed by atoms with van der Waals surface area (Å²) in [6.07, 6.45) is 1.84. The number of halogens is 1. The molecule has 6 heteroatoms. The summed E-state index contributed by atoms with van der Waals surface area (Å²) in [5, 5.41) is 0.744. The molecule has 4 nitrogen and oxygen atoms in total. The van der Waals surface area contributed by atoms with Crippen LogP contribution in [0, 0.1) is 0 Å². The summed E-state index contributed by atoms with van der Waals surface area (Å²) in [4.78, 5) is 0. The van der Waals surface area contributed by atoms with E-state index in [1.807, 2.05) is 24.3 Å². The summed E-state index contributed by atoms with van der Waals surface area (Å²) < 4.78 is 23.7. The number of ether oxygens (including phenoxy) is 2. The molecule has 0 aliphatic carbocycles. The molecule has 2 fully saturated rings. The minimum Gasteiger partial charge on any atom is -0.488 e. The van der Waals surface area contributed by atoms with E-state index in [4.69, 9.17) is 30.4 Å². The van der Waals surface area contributed by atoms with E-state index in [2.05, 4.69) is 45.9 Å². The average Bonchev–Trinajstić information content (AvgIpc) is 3.24. The largest absolute Gasteiger partial charge is 0.494 e. The van der Waals surface area contributed by atoms with Gasteiger partial charge in [-0.25, -0.2) is 0 Å². The maximum Gasteiger partial charge on any atom is 0.494 e. The molecule has 2 aliphatic rings. The molecule has 0 amide bonds. The zero-order valence-electron chi connectivity index (χ0n) is 17.5. The van der Waals surface area contributed by atoms with Gasteiger partial charge in [0.25, 0.3) is 0 Å². The van der Waals surface area contributed by atoms with Crippen molar-refractivity contribution < 1.29 is 18.8 Å². The Morgan fingerprint density at radius 2 is 1.72 bits per heavy atom. The summed E-state index contributed by atoms with van der Waals surface area (Å²) >= 11 is 6.49. The first-order valence-electron chi connectivity index (χ1n) is 10.2. The third-order valence-electron chi connectivity index (χ3n) is 6.10. The standard InChI is InChI=1S/C23H28BClO4/c1-22(2)23(3,4)29-24(28-22)18-7-10-21(25)17(14-18)13-16-5-8-19(9-6-16)27-20-11-12-26-15-20/h5-10,14,20H,11-13,15H2,1-4H3/t20-/m0/s1. The molecule has 0 spiro atoms. The highest BCUT2D eigenvalue weighted by Crippen LogP contribution is 2.36. The van der Waals surface area contributed by atoms with Crippen molar-refractivity contribution in [2.45, 2.75) is 57.8 Å². The smallest absolute Gasteiger partial charge is 0.488 e. The summed E-state index contributed by atoms with van der Waals surface area (Å²) in [5.74, 6) is 0.876. The number of hydrogen-bond acceptors (Lipinski definition) is 4. The van der Waals surface area contributed by atoms with Crippen molar-refractivity contribution in [3.63, 3.8) is 0 Å². The Bertz CT molecular complexity index is 844. The SMILES string of the molecule is CC1(C)OB(c2ccc(Cl)c(Cc3ccc(O[C@H]4CCOC4)cc3)c2)OC1(C)C. The lowest BCUT2D eigenvalue weighted by atomic mass is 9.78. The Labute approximate surface area is 178 Å². The van der Waals surface area contributed by atoms with Crippen LogP contribution >= 0.6 is 11.6 Å². The molecule has 29 heavy (non-hydrogen) atoms. The fourth-order valence-electron chi connectivity index (χ4n) is 3.56. The second kappa shape index (κ2) is 7.95. The molecule has 0 aromatic heterocycles. The van der Waals surface area contributed by atoms with Gasteiger partial charge >= 0.3 is 7.12 Å². The van der Waals surface area contributed by atoms with E-state index < -0.39 is 0 Å². The molecule has 2 aliphatic heterocycles. The van der Waals surface area contributed by atoms with E-state index in [1.54, 1.807) is 0 Å². The van der Waals surface area contributed by atoms with Gasteiger partial charge in [0, 0.05) is 11.4 Å². The van der Waals surface area contributed by atoms with Gasteiger partial charge in [-0.2, -0.15) is 0 Å². The van der Waals surface area contributed by atoms with Crippen LogP contribution in [0.3, 0.4) is 0 Å². The summed E-state index contributed by atoms with van der Waals surface area (Å²) in [6, 6.07) is 14.2. The predicted molar refractivity (Wildman–Crippen MR) is 116 cm³/mol. The number of hydrogen-bond donors (Lipinski definition) is 0. The van der Waals surface area contributed by atoms with Crippen molar-refractivity contribution in [3.8, 4) is 5.75 Å². The van der Waals surface area contributed by atoms with Crippen molar-refractivity contribution in [2.24, 2.45) is 0 Å². The molecule has 0 unspecified atom stereocenters. The van der Waals surface area contributed by atoms with Gasteiger partial charge in [-0.3, -0.25) is 0 Å². The molecular formula is C23H28BClO4. The molecule has 0 N–H and O–H groups in total. The van der Waals surface area contributed by atoms with Crippen molar-refractivity contribution in [1.82, 2.24) is 0 Å². The molecule has 0 bridgehead atoms. The minimum atomic E-state index is -0.388. The Morgan fingerprint density at radius 3 is 2.34 bits per heavy atom. The van der Waals surface area contributed by atoms with Gasteiger partial charge in [0.05, 0.1) is 24.4 Å². The third kappa shape index (κ3) is 4.48. The van der Waals surface area contributed by atoms with Gasteiger partial charge in [0.15, 0.2) is 0 Å². The van der Waals surface area contributed by atoms with Crippen LogP contribution in [-0.4, -0.2) is 37.6 Å². The lowest BCUT2D eigenvalue weighted by molar-refractivity contribution is 0.00578. The van der Waals surface area contributed by atoms with Crippen LogP contribution in [0.5, 0.6) is 5.75 Å². The lowest BCUT2D eigenvalue weighted by Crippen LogP contribution is -2.41. The second-order valence-corrected chi connectivity index (χ2v) is 9.27. The zero-order valence-corrected chi connectivity index (χ0v) is 18.3. The van der Waals surface area contributed by atoms with E-state index in [0.717, 1.165) is 41.2 Å². The highest BCUT2D eigenvalue weighted by molar-refractivity contribution is 6.62. The predicted octanol–water partition coefficient (Wildman–Crippen LogP) is 4.40. The monoisotopic (exact) mass is 414 g/mol. The van der Waals surface area contributed by atoms with Gasteiger partial charge in [0.2, 0.25) is 0 Å². The molecule has 2 saturated heterocycles. The van der Waals surface area contributed by atoms with Gasteiger partial charge in [-0.05, 0) is 68.9 Å². The molecule has 0 saturated carbocycles. The van der Waals surface area contributed by atoms with Gasteiger partial charge < -0.3 is 18.8 Å². The molecule has 4 rings (SSSR count). The van der Waals surface area contributed by atoms with E-state index >= 15 is 0 Å². The summed E-state index contributed by atoms with van der Waals surface area (Å²) in [5.41, 5.74) is 2.49. The van der Waals surface area contributed by atoms with Crippen molar-refractivity contribution >= 4 is 24.2 Å². The Morgan fingerprint density at radius 1 is 1.03 bits per heavy atom. The fourth-order valence-corrected chi connectivity index (χ4v) is 3.74. The average molecular weight is 415 g/mol. The van der Waals surface area contributed by atoms with Crippen LogP contribution in [0.2, 0.25) is 5.02 Å². The molecule has 154 valence electrons. The maximum atomic E-state index is 6.49. The molecule has 2 heterocycles. The second-order valence-electron chi connectivity index (χ2n) is 8.86. The van der Waals surface area contributed by atoms with Crippen LogP contribution in [-0.2, 0) is 20.5 Å². The Kier molecular flexibility index (Phi) is 5.69. The maximum absolute atomic E-state index is 6.49.